The molecule has 2 heterocycles. The third-order valence-corrected chi connectivity index (χ3v) is 8.57. The lowest BCUT2D eigenvalue weighted by atomic mass is 10.00. The van der Waals surface area contributed by atoms with Crippen molar-refractivity contribution >= 4 is 23.9 Å². The zero-order chi connectivity index (χ0) is 35.2. The van der Waals surface area contributed by atoms with Crippen LogP contribution in [0.25, 0.3) is 0 Å². The fourth-order valence-corrected chi connectivity index (χ4v) is 5.85. The van der Waals surface area contributed by atoms with E-state index >= 15 is 0 Å². The number of aliphatic carboxylic acids is 2. The summed E-state index contributed by atoms with van der Waals surface area (Å²) in [5.74, 6) is -2.12. The number of cyclic esters (lactones) is 1. The van der Waals surface area contributed by atoms with Gasteiger partial charge >= 0.3 is 18.0 Å². The minimum Gasteiger partial charge on any atom is -0.493 e. The highest BCUT2D eigenvalue weighted by Gasteiger charge is 2.34. The van der Waals surface area contributed by atoms with Crippen LogP contribution in [-0.2, 0) is 32.0 Å². The highest BCUT2D eigenvalue weighted by atomic mass is 19.1. The monoisotopic (exact) mass is 671 g/mol. The molecule has 11 nitrogen and oxygen atoms in total. The van der Waals surface area contributed by atoms with Gasteiger partial charge in [-0.2, -0.15) is 0 Å². The summed E-state index contributed by atoms with van der Waals surface area (Å²) in [5, 5.41) is 14.8. The van der Waals surface area contributed by atoms with E-state index in [0.29, 0.717) is 51.0 Å². The molecule has 264 valence electrons. The van der Waals surface area contributed by atoms with E-state index in [4.69, 9.17) is 29.3 Å². The number of piperidine rings is 1. The number of carbonyl (C=O) groups excluding carboxylic acids is 2. The molecule has 2 aliphatic rings. The summed E-state index contributed by atoms with van der Waals surface area (Å²) in [6.07, 6.45) is 3.58. The molecule has 0 radical (unpaired) electrons. The summed E-state index contributed by atoms with van der Waals surface area (Å²) in [6, 6.07) is 14.7. The Labute approximate surface area is 282 Å². The molecule has 1 atom stereocenters. The summed E-state index contributed by atoms with van der Waals surface area (Å²) in [4.78, 5) is 50.4. The number of hydrogen-bond donors (Lipinski definition) is 2. The van der Waals surface area contributed by atoms with Crippen molar-refractivity contribution in [3.63, 3.8) is 0 Å². The lowest BCUT2D eigenvalue weighted by Gasteiger charge is -2.39. The number of carboxylic acid groups (broad SMARTS) is 2. The smallest absolute Gasteiger partial charge is 0.414 e. The number of ether oxygens (including phenoxy) is 2. The molecule has 0 bridgehead atoms. The molecule has 0 saturated carbocycles. The Hall–Kier alpha value is -4.19. The molecule has 2 saturated heterocycles. The minimum absolute atomic E-state index is 0.124. The van der Waals surface area contributed by atoms with Crippen LogP contribution in [-0.4, -0.2) is 107 Å². The normalized spacial score (nSPS) is 16.8. The quantitative estimate of drug-likeness (QED) is 0.267. The van der Waals surface area contributed by atoms with Crippen LogP contribution in [0.1, 0.15) is 58.1 Å². The maximum absolute atomic E-state index is 13.7. The number of carboxylic acids is 2. The number of rotatable bonds is 14. The molecule has 2 fully saturated rings. The molecule has 2 amide bonds. The van der Waals surface area contributed by atoms with Crippen LogP contribution >= 0.6 is 0 Å². The number of carbonyl (C=O) groups is 4. The summed E-state index contributed by atoms with van der Waals surface area (Å²) < 4.78 is 24.5. The lowest BCUT2D eigenvalue weighted by molar-refractivity contribution is -0.159. The van der Waals surface area contributed by atoms with Crippen molar-refractivity contribution in [3.05, 3.63) is 65.5 Å². The molecular formula is C36H50FN3O8. The molecule has 2 aromatic carbocycles. The van der Waals surface area contributed by atoms with E-state index in [0.717, 1.165) is 55.8 Å². The van der Waals surface area contributed by atoms with Crippen LogP contribution in [0.4, 0.5) is 9.18 Å². The average Bonchev–Trinajstić information content (AvgIpc) is 3.42. The summed E-state index contributed by atoms with van der Waals surface area (Å²) in [5.41, 5.74) is 2.00. The summed E-state index contributed by atoms with van der Waals surface area (Å²) in [7, 11) is 0. The summed E-state index contributed by atoms with van der Waals surface area (Å²) in [6.45, 7) is 13.7. The topological polar surface area (TPSA) is 137 Å². The van der Waals surface area contributed by atoms with E-state index in [-0.39, 0.29) is 29.9 Å². The Kier molecular flexibility index (Phi) is 15.1. The number of nitrogens with zero attached hydrogens (tertiary/aromatic N) is 3. The SMILES string of the molecule is CC(C)COc1ccc(CC(=O)N(CCc2ccc(F)cc2)C2CCN(CCCN3C(=O)OCC3C(C)C)CC2)cc1.O=C(O)C(=O)O. The van der Waals surface area contributed by atoms with Crippen LogP contribution < -0.4 is 4.74 Å². The maximum Gasteiger partial charge on any atom is 0.414 e. The van der Waals surface area contributed by atoms with Crippen molar-refractivity contribution in [2.75, 3.05) is 45.9 Å². The van der Waals surface area contributed by atoms with Gasteiger partial charge in [-0.3, -0.25) is 4.79 Å². The Bertz CT molecular complexity index is 1320. The van der Waals surface area contributed by atoms with Crippen molar-refractivity contribution in [2.24, 2.45) is 11.8 Å². The summed E-state index contributed by atoms with van der Waals surface area (Å²) >= 11 is 0. The standard InChI is InChI=1S/C34H48FN3O4.C2H2O4/c1-25(2)23-41-31-12-8-28(9-13-31)22-33(39)37(21-14-27-6-10-29(35)11-7-27)30-15-19-36(20-16-30)17-5-18-38-32(26(3)4)24-42-34(38)40;3-1(4)2(5)6/h6-13,25-26,30,32H,5,14-24H2,1-4H3;(H,3,4)(H,5,6). The van der Waals surface area contributed by atoms with Crippen molar-refractivity contribution in [2.45, 2.75) is 71.9 Å². The van der Waals surface area contributed by atoms with Crippen LogP contribution in [0.15, 0.2) is 48.5 Å². The van der Waals surface area contributed by atoms with Crippen LogP contribution in [0.2, 0.25) is 0 Å². The molecule has 1 unspecified atom stereocenters. The molecular weight excluding hydrogens is 621 g/mol. The van der Waals surface area contributed by atoms with Gasteiger partial charge in [0.05, 0.1) is 19.1 Å². The minimum atomic E-state index is -1.82. The van der Waals surface area contributed by atoms with Crippen LogP contribution in [0, 0.1) is 17.7 Å². The predicted octanol–water partition coefficient (Wildman–Crippen LogP) is 4.96. The number of hydrogen-bond acceptors (Lipinski definition) is 7. The molecule has 48 heavy (non-hydrogen) atoms. The fraction of sp³-hybridized carbons (Fsp3) is 0.556. The second-order valence-corrected chi connectivity index (χ2v) is 13.1. The maximum atomic E-state index is 13.7. The van der Waals surface area contributed by atoms with E-state index in [1.54, 1.807) is 12.1 Å². The van der Waals surface area contributed by atoms with Gasteiger partial charge in [0.2, 0.25) is 5.91 Å². The van der Waals surface area contributed by atoms with Gasteiger partial charge in [0.1, 0.15) is 18.2 Å². The lowest BCUT2D eigenvalue weighted by Crippen LogP contribution is -2.49. The zero-order valence-corrected chi connectivity index (χ0v) is 28.5. The molecule has 0 aliphatic carbocycles. The first-order valence-electron chi connectivity index (χ1n) is 16.7. The molecule has 12 heteroatoms. The average molecular weight is 672 g/mol. The third kappa shape index (κ3) is 12.4. The Morgan fingerprint density at radius 2 is 1.54 bits per heavy atom. The van der Waals surface area contributed by atoms with Gasteiger partial charge in [-0.1, -0.05) is 52.0 Å². The number of benzene rings is 2. The highest BCUT2D eigenvalue weighted by molar-refractivity contribution is 6.27. The van der Waals surface area contributed by atoms with Gasteiger partial charge in [0.15, 0.2) is 0 Å². The zero-order valence-electron chi connectivity index (χ0n) is 28.5. The van der Waals surface area contributed by atoms with Crippen molar-refractivity contribution in [3.8, 4) is 5.75 Å². The number of amides is 2. The van der Waals surface area contributed by atoms with Gasteiger partial charge in [-0.05, 0) is 79.5 Å². The van der Waals surface area contributed by atoms with Crippen LogP contribution in [0.3, 0.4) is 0 Å². The third-order valence-electron chi connectivity index (χ3n) is 8.57. The predicted molar refractivity (Wildman–Crippen MR) is 178 cm³/mol. The first kappa shape index (κ1) is 38.3. The molecule has 0 aromatic heterocycles. The van der Waals surface area contributed by atoms with Gasteiger partial charge in [-0.25, -0.2) is 18.8 Å². The number of halogens is 1. The number of likely N-dealkylation sites (tertiary alicyclic amines) is 1. The first-order chi connectivity index (χ1) is 22.8. The molecule has 2 N–H and O–H groups in total. The molecule has 2 aromatic rings. The Morgan fingerprint density at radius 3 is 2.10 bits per heavy atom. The van der Waals surface area contributed by atoms with E-state index in [1.165, 1.54) is 12.1 Å². The van der Waals surface area contributed by atoms with Gasteiger partial charge in [0, 0.05) is 32.2 Å². The van der Waals surface area contributed by atoms with E-state index in [1.807, 2.05) is 29.2 Å². The van der Waals surface area contributed by atoms with Crippen molar-refractivity contribution in [1.82, 2.24) is 14.7 Å². The highest BCUT2D eigenvalue weighted by Crippen LogP contribution is 2.22. The van der Waals surface area contributed by atoms with Gasteiger partial charge < -0.3 is 34.4 Å². The molecule has 4 rings (SSSR count). The molecule has 2 aliphatic heterocycles. The molecule has 0 spiro atoms. The van der Waals surface area contributed by atoms with E-state index in [9.17, 15) is 14.0 Å². The van der Waals surface area contributed by atoms with E-state index in [2.05, 4.69) is 37.5 Å². The second kappa shape index (κ2) is 19.0. The van der Waals surface area contributed by atoms with E-state index < -0.39 is 11.9 Å². The first-order valence-corrected chi connectivity index (χ1v) is 16.7. The van der Waals surface area contributed by atoms with Crippen LogP contribution in [0.5, 0.6) is 5.75 Å². The Balaban J connectivity index is 0.000000952. The van der Waals surface area contributed by atoms with Crippen molar-refractivity contribution in [1.29, 1.82) is 0 Å². The Morgan fingerprint density at radius 1 is 0.938 bits per heavy atom. The largest absolute Gasteiger partial charge is 0.493 e. The fourth-order valence-electron chi connectivity index (χ4n) is 5.85. The second-order valence-electron chi connectivity index (χ2n) is 13.1. The van der Waals surface area contributed by atoms with Gasteiger partial charge in [0.25, 0.3) is 0 Å². The van der Waals surface area contributed by atoms with Gasteiger partial charge in [-0.15, -0.1) is 0 Å². The van der Waals surface area contributed by atoms with Crippen molar-refractivity contribution < 1.29 is 43.3 Å².